The fraction of sp³-hybridized carbons (Fsp3) is 0.185. The first-order valence-corrected chi connectivity index (χ1v) is 12.0. The lowest BCUT2D eigenvalue weighted by atomic mass is 9.95. The van der Waals surface area contributed by atoms with E-state index in [-0.39, 0.29) is 23.6 Å². The Labute approximate surface area is 220 Å². The minimum absolute atomic E-state index is 0.0224. The van der Waals surface area contributed by atoms with Gasteiger partial charge in [0.2, 0.25) is 5.75 Å². The van der Waals surface area contributed by atoms with Crippen LogP contribution in [0, 0.1) is 21.4 Å². The molecule has 0 unspecified atom stereocenters. The number of hydrogen-bond donors (Lipinski definition) is 0. The van der Waals surface area contributed by atoms with Crippen molar-refractivity contribution in [3.05, 3.63) is 108 Å². The van der Waals surface area contributed by atoms with Crippen molar-refractivity contribution < 1.29 is 9.66 Å². The number of nitriles is 1. The summed E-state index contributed by atoms with van der Waals surface area (Å²) in [5.74, 6) is 0.408. The lowest BCUT2D eigenvalue weighted by molar-refractivity contribution is -0.385. The van der Waals surface area contributed by atoms with Gasteiger partial charge < -0.3 is 4.74 Å². The lowest BCUT2D eigenvalue weighted by Crippen LogP contribution is -2.29. The van der Waals surface area contributed by atoms with Crippen LogP contribution in [0.1, 0.15) is 43.3 Å². The molecule has 0 saturated heterocycles. The van der Waals surface area contributed by atoms with E-state index in [4.69, 9.17) is 4.74 Å². The number of fused-ring (bicyclic) bond motifs is 1. The number of nitro benzene ring substituents is 1. The summed E-state index contributed by atoms with van der Waals surface area (Å²) in [5.41, 5.74) is 0.670. The molecule has 1 heterocycles. The fourth-order valence-electron chi connectivity index (χ4n) is 3.71. The second-order valence-electron chi connectivity index (χ2n) is 9.22. The summed E-state index contributed by atoms with van der Waals surface area (Å²) in [6.07, 6.45) is 1.35. The number of ether oxygens (including phenoxy) is 1. The molecule has 0 fully saturated rings. The Balaban J connectivity index is 1.83. The average Bonchev–Trinajstić information content (AvgIpc) is 2.86. The molecule has 0 aliphatic carbocycles. The largest absolute Gasteiger partial charge is 0.481 e. The summed E-state index contributed by atoms with van der Waals surface area (Å²) in [7, 11) is 0. The van der Waals surface area contributed by atoms with E-state index < -0.39 is 10.3 Å². The van der Waals surface area contributed by atoms with Gasteiger partial charge >= 0.3 is 5.69 Å². The number of nitro groups is 1. The third kappa shape index (κ3) is 5.42. The average molecular weight is 560 g/mol. The summed E-state index contributed by atoms with van der Waals surface area (Å²) in [5, 5.41) is 25.9. The van der Waals surface area contributed by atoms with Crippen LogP contribution in [-0.2, 0) is 12.0 Å². The normalized spacial score (nSPS) is 11.5. The predicted octanol–water partition coefficient (Wildman–Crippen LogP) is 5.70. The summed E-state index contributed by atoms with van der Waals surface area (Å²) < 4.78 is 7.80. The van der Waals surface area contributed by atoms with Gasteiger partial charge in [-0.15, -0.1) is 0 Å². The summed E-state index contributed by atoms with van der Waals surface area (Å²) in [6.45, 7) is 5.69. The standard InChI is InChI=1S/C27H22BrN5O4/c1-27(2,3)26-31-22-12-11-20(28)13-21(22)25(34)32(26)30-15-18-9-6-10-23(33(35)36)24(18)37-16-19-8-5-4-7-17(19)14-29/h4-13,15H,16H2,1-3H3. The van der Waals surface area contributed by atoms with Crippen molar-refractivity contribution in [1.29, 1.82) is 5.26 Å². The summed E-state index contributed by atoms with van der Waals surface area (Å²) >= 11 is 3.39. The van der Waals surface area contributed by atoms with Crippen LogP contribution in [0.2, 0.25) is 0 Å². The van der Waals surface area contributed by atoms with Gasteiger partial charge in [0, 0.05) is 27.1 Å². The summed E-state index contributed by atoms with van der Waals surface area (Å²) in [4.78, 5) is 29.3. The Morgan fingerprint density at radius 1 is 1.19 bits per heavy atom. The second kappa shape index (κ2) is 10.3. The molecule has 0 saturated carbocycles. The number of aromatic nitrogens is 2. The molecule has 4 rings (SSSR count). The first-order valence-electron chi connectivity index (χ1n) is 11.3. The van der Waals surface area contributed by atoms with Crippen molar-refractivity contribution >= 4 is 38.7 Å². The smallest absolute Gasteiger partial charge is 0.311 e. The maximum absolute atomic E-state index is 13.4. The monoisotopic (exact) mass is 559 g/mol. The van der Waals surface area contributed by atoms with Crippen LogP contribution in [0.15, 0.2) is 75.0 Å². The maximum atomic E-state index is 13.4. The van der Waals surface area contributed by atoms with Crippen molar-refractivity contribution in [2.24, 2.45) is 5.10 Å². The van der Waals surface area contributed by atoms with Crippen LogP contribution in [0.5, 0.6) is 5.75 Å². The molecule has 0 aliphatic heterocycles. The van der Waals surface area contributed by atoms with Crippen LogP contribution in [0.3, 0.4) is 0 Å². The van der Waals surface area contributed by atoms with E-state index in [9.17, 15) is 20.2 Å². The third-order valence-corrected chi connectivity index (χ3v) is 6.02. The number of para-hydroxylation sites is 1. The minimum Gasteiger partial charge on any atom is -0.481 e. The number of benzene rings is 3. The van der Waals surface area contributed by atoms with Gasteiger partial charge in [-0.3, -0.25) is 14.9 Å². The van der Waals surface area contributed by atoms with Gasteiger partial charge in [-0.2, -0.15) is 15.0 Å². The molecule has 0 aliphatic rings. The summed E-state index contributed by atoms with van der Waals surface area (Å²) in [6, 6.07) is 18.6. The van der Waals surface area contributed by atoms with Crippen molar-refractivity contribution in [1.82, 2.24) is 9.66 Å². The van der Waals surface area contributed by atoms with Crippen molar-refractivity contribution in [3.63, 3.8) is 0 Å². The Hall–Kier alpha value is -4.36. The van der Waals surface area contributed by atoms with Crippen LogP contribution in [-0.4, -0.2) is 20.8 Å². The molecule has 10 heteroatoms. The Kier molecular flexibility index (Phi) is 7.18. The quantitative estimate of drug-likeness (QED) is 0.169. The highest BCUT2D eigenvalue weighted by molar-refractivity contribution is 9.10. The molecule has 37 heavy (non-hydrogen) atoms. The highest BCUT2D eigenvalue weighted by atomic mass is 79.9. The number of halogens is 1. The highest BCUT2D eigenvalue weighted by Crippen LogP contribution is 2.31. The third-order valence-electron chi connectivity index (χ3n) is 5.52. The molecule has 1 aromatic heterocycles. The van der Waals surface area contributed by atoms with Crippen molar-refractivity contribution in [2.75, 3.05) is 0 Å². The molecule has 0 spiro atoms. The van der Waals surface area contributed by atoms with Gasteiger partial charge in [0.25, 0.3) is 5.56 Å². The molecule has 0 bridgehead atoms. The highest BCUT2D eigenvalue weighted by Gasteiger charge is 2.24. The zero-order chi connectivity index (χ0) is 26.7. The molecule has 0 radical (unpaired) electrons. The zero-order valence-electron chi connectivity index (χ0n) is 20.3. The maximum Gasteiger partial charge on any atom is 0.311 e. The van der Waals surface area contributed by atoms with Gasteiger partial charge in [-0.05, 0) is 30.3 Å². The van der Waals surface area contributed by atoms with Crippen LogP contribution >= 0.6 is 15.9 Å². The van der Waals surface area contributed by atoms with Gasteiger partial charge in [0.05, 0.1) is 33.7 Å². The zero-order valence-corrected chi connectivity index (χ0v) is 21.9. The lowest BCUT2D eigenvalue weighted by Gasteiger charge is -2.21. The molecule has 4 aromatic rings. The van der Waals surface area contributed by atoms with Crippen molar-refractivity contribution in [3.8, 4) is 11.8 Å². The van der Waals surface area contributed by atoms with E-state index >= 15 is 0 Å². The van der Waals surface area contributed by atoms with Gasteiger partial charge in [0.1, 0.15) is 12.4 Å². The van der Waals surface area contributed by atoms with Gasteiger partial charge in [0.15, 0.2) is 0 Å². The van der Waals surface area contributed by atoms with E-state index in [0.717, 1.165) is 4.47 Å². The molecular weight excluding hydrogens is 538 g/mol. The van der Waals surface area contributed by atoms with Crippen LogP contribution in [0.4, 0.5) is 5.69 Å². The topological polar surface area (TPSA) is 123 Å². The molecule has 9 nitrogen and oxygen atoms in total. The molecule has 186 valence electrons. The van der Waals surface area contributed by atoms with Gasteiger partial charge in [-0.25, -0.2) is 4.98 Å². The minimum atomic E-state index is -0.551. The Morgan fingerprint density at radius 2 is 1.95 bits per heavy atom. The Bertz CT molecular complexity index is 1650. The van der Waals surface area contributed by atoms with Crippen LogP contribution in [0.25, 0.3) is 10.9 Å². The van der Waals surface area contributed by atoms with E-state index in [0.29, 0.717) is 33.4 Å². The molecule has 3 aromatic carbocycles. The molecule has 0 amide bonds. The van der Waals surface area contributed by atoms with E-state index in [1.54, 1.807) is 42.5 Å². The number of rotatable bonds is 6. The SMILES string of the molecule is CC(C)(C)c1nc2ccc(Br)cc2c(=O)n1N=Cc1cccc([N+](=O)[O-])c1OCc1ccccc1C#N. The number of hydrogen-bond acceptors (Lipinski definition) is 7. The molecular formula is C27H22BrN5O4. The first-order chi connectivity index (χ1) is 17.6. The van der Waals surface area contributed by atoms with Crippen LogP contribution < -0.4 is 10.3 Å². The van der Waals surface area contributed by atoms with Gasteiger partial charge in [-0.1, -0.05) is 61.0 Å². The fourth-order valence-corrected chi connectivity index (χ4v) is 4.07. The predicted molar refractivity (Wildman–Crippen MR) is 144 cm³/mol. The van der Waals surface area contributed by atoms with Crippen molar-refractivity contribution in [2.45, 2.75) is 32.8 Å². The number of nitrogens with zero attached hydrogens (tertiary/aromatic N) is 5. The Morgan fingerprint density at radius 3 is 2.65 bits per heavy atom. The van der Waals surface area contributed by atoms with E-state index in [2.05, 4.69) is 32.1 Å². The molecule has 0 N–H and O–H groups in total. The van der Waals surface area contributed by atoms with E-state index in [1.165, 1.54) is 23.0 Å². The first kappa shape index (κ1) is 25.7. The molecule has 0 atom stereocenters. The van der Waals surface area contributed by atoms with E-state index in [1.807, 2.05) is 26.8 Å². The second-order valence-corrected chi connectivity index (χ2v) is 10.1.